The fourth-order valence-corrected chi connectivity index (χ4v) is 2.04. The molecule has 20 heavy (non-hydrogen) atoms. The number of carboxylic acid groups (broad SMARTS) is 1. The van der Waals surface area contributed by atoms with E-state index in [0.717, 1.165) is 11.3 Å². The summed E-state index contributed by atoms with van der Waals surface area (Å²) in [5.74, 6) is -0.836. The third-order valence-electron chi connectivity index (χ3n) is 3.16. The average molecular weight is 278 g/mol. The Bertz CT molecular complexity index is 474. The summed E-state index contributed by atoms with van der Waals surface area (Å²) in [5.41, 5.74) is 1.94. The molecule has 5 heteroatoms. The highest BCUT2D eigenvalue weighted by molar-refractivity contribution is 5.92. The first-order chi connectivity index (χ1) is 9.47. The first-order valence-electron chi connectivity index (χ1n) is 6.77. The molecular formula is C15H22N2O3. The Morgan fingerprint density at radius 2 is 1.90 bits per heavy atom. The van der Waals surface area contributed by atoms with E-state index in [9.17, 15) is 9.59 Å². The Hall–Kier alpha value is -2.04. The van der Waals surface area contributed by atoms with Crippen LogP contribution in [-0.4, -0.2) is 42.1 Å². The van der Waals surface area contributed by atoms with Gasteiger partial charge in [-0.3, -0.25) is 9.69 Å². The lowest BCUT2D eigenvalue weighted by atomic mass is 10.2. The van der Waals surface area contributed by atoms with Gasteiger partial charge in [-0.2, -0.15) is 0 Å². The molecule has 0 aliphatic carbocycles. The molecule has 0 unspecified atom stereocenters. The molecule has 0 radical (unpaired) electrons. The van der Waals surface area contributed by atoms with Crippen molar-refractivity contribution >= 4 is 17.7 Å². The van der Waals surface area contributed by atoms with Gasteiger partial charge in [0.05, 0.1) is 0 Å². The number of hydrogen-bond donors (Lipinski definition) is 1. The molecule has 0 atom stereocenters. The lowest BCUT2D eigenvalue weighted by Gasteiger charge is -2.28. The first-order valence-corrected chi connectivity index (χ1v) is 6.77. The van der Waals surface area contributed by atoms with Crippen molar-refractivity contribution in [3.05, 3.63) is 29.8 Å². The molecule has 0 aliphatic heterocycles. The van der Waals surface area contributed by atoms with Gasteiger partial charge in [0, 0.05) is 32.2 Å². The number of aryl methyl sites for hydroxylation is 1. The van der Waals surface area contributed by atoms with E-state index >= 15 is 0 Å². The predicted octanol–water partition coefficient (Wildman–Crippen LogP) is 2.74. The van der Waals surface area contributed by atoms with Crippen LogP contribution < -0.4 is 4.90 Å². The Morgan fingerprint density at radius 3 is 2.45 bits per heavy atom. The fourth-order valence-electron chi connectivity index (χ4n) is 2.04. The zero-order valence-corrected chi connectivity index (χ0v) is 12.3. The number of benzene rings is 1. The van der Waals surface area contributed by atoms with Crippen molar-refractivity contribution in [1.29, 1.82) is 0 Å². The van der Waals surface area contributed by atoms with E-state index in [1.807, 2.05) is 38.1 Å². The summed E-state index contributed by atoms with van der Waals surface area (Å²) in [6, 6.07) is 7.63. The molecule has 2 amide bonds. The number of carbonyl (C=O) groups is 2. The summed E-state index contributed by atoms with van der Waals surface area (Å²) >= 11 is 0. The summed E-state index contributed by atoms with van der Waals surface area (Å²) in [4.78, 5) is 26.2. The van der Waals surface area contributed by atoms with Crippen LogP contribution >= 0.6 is 0 Å². The second-order valence-electron chi connectivity index (χ2n) is 4.73. The molecule has 0 heterocycles. The summed E-state index contributed by atoms with van der Waals surface area (Å²) in [6.07, 6.45) is 0.539. The van der Waals surface area contributed by atoms with Crippen LogP contribution in [-0.2, 0) is 4.79 Å². The molecular weight excluding hydrogens is 256 g/mol. The van der Waals surface area contributed by atoms with Crippen molar-refractivity contribution in [2.45, 2.75) is 26.7 Å². The summed E-state index contributed by atoms with van der Waals surface area (Å²) in [5, 5.41) is 8.62. The molecule has 5 nitrogen and oxygen atoms in total. The van der Waals surface area contributed by atoms with Crippen LogP contribution in [0.15, 0.2) is 24.3 Å². The van der Waals surface area contributed by atoms with Crippen LogP contribution in [0.2, 0.25) is 0 Å². The first kappa shape index (κ1) is 16.0. The van der Waals surface area contributed by atoms with E-state index in [2.05, 4.69) is 0 Å². The highest BCUT2D eigenvalue weighted by Crippen LogP contribution is 2.20. The van der Waals surface area contributed by atoms with Gasteiger partial charge >= 0.3 is 12.0 Å². The topological polar surface area (TPSA) is 60.9 Å². The Balaban J connectivity index is 2.72. The summed E-state index contributed by atoms with van der Waals surface area (Å²) in [6.45, 7) is 4.91. The zero-order valence-electron chi connectivity index (χ0n) is 12.3. The van der Waals surface area contributed by atoms with E-state index < -0.39 is 5.97 Å². The fraction of sp³-hybridized carbons (Fsp3) is 0.467. The highest BCUT2D eigenvalue weighted by atomic mass is 16.4. The van der Waals surface area contributed by atoms with Crippen LogP contribution in [0.4, 0.5) is 10.5 Å². The van der Waals surface area contributed by atoms with Gasteiger partial charge in [-0.1, -0.05) is 18.2 Å². The summed E-state index contributed by atoms with van der Waals surface area (Å²) in [7, 11) is 1.70. The molecule has 1 rings (SSSR count). The maximum absolute atomic E-state index is 12.4. The molecule has 0 bridgehead atoms. The van der Waals surface area contributed by atoms with Gasteiger partial charge in [-0.05, 0) is 31.9 Å². The van der Waals surface area contributed by atoms with Crippen LogP contribution in [0.5, 0.6) is 0 Å². The van der Waals surface area contributed by atoms with E-state index in [1.165, 1.54) is 0 Å². The van der Waals surface area contributed by atoms with Crippen LogP contribution in [0.3, 0.4) is 0 Å². The number of aliphatic carboxylic acids is 1. The van der Waals surface area contributed by atoms with E-state index in [4.69, 9.17) is 5.11 Å². The zero-order chi connectivity index (χ0) is 15.1. The molecule has 0 spiro atoms. The van der Waals surface area contributed by atoms with Gasteiger partial charge < -0.3 is 10.0 Å². The van der Waals surface area contributed by atoms with Crippen molar-refractivity contribution in [2.75, 3.05) is 25.0 Å². The number of carboxylic acids is 1. The van der Waals surface area contributed by atoms with Gasteiger partial charge in [-0.15, -0.1) is 0 Å². The lowest BCUT2D eigenvalue weighted by Crippen LogP contribution is -2.42. The normalized spacial score (nSPS) is 10.2. The standard InChI is InChI=1S/C15H22N2O3/c1-4-17(13-9-6-5-8-12(13)2)15(20)16(3)11-7-10-14(18)19/h5-6,8-9H,4,7,10-11H2,1-3H3,(H,18,19). The Morgan fingerprint density at radius 1 is 1.25 bits per heavy atom. The van der Waals surface area contributed by atoms with Gasteiger partial charge in [0.2, 0.25) is 0 Å². The minimum atomic E-state index is -0.836. The third kappa shape index (κ3) is 4.26. The Kier molecular flexibility index (Phi) is 6.03. The van der Waals surface area contributed by atoms with Crippen molar-refractivity contribution in [2.24, 2.45) is 0 Å². The number of para-hydroxylation sites is 1. The lowest BCUT2D eigenvalue weighted by molar-refractivity contribution is -0.137. The number of urea groups is 1. The number of hydrogen-bond acceptors (Lipinski definition) is 2. The molecule has 110 valence electrons. The maximum atomic E-state index is 12.4. The molecule has 1 N–H and O–H groups in total. The Labute approximate surface area is 119 Å². The van der Waals surface area contributed by atoms with Crippen LogP contribution in [0.1, 0.15) is 25.3 Å². The minimum Gasteiger partial charge on any atom is -0.481 e. The van der Waals surface area contributed by atoms with E-state index in [1.54, 1.807) is 16.8 Å². The molecule has 0 fully saturated rings. The largest absolute Gasteiger partial charge is 0.481 e. The van der Waals surface area contributed by atoms with Crippen molar-refractivity contribution in [1.82, 2.24) is 4.90 Å². The van der Waals surface area contributed by atoms with E-state index in [-0.39, 0.29) is 12.5 Å². The number of nitrogens with zero attached hydrogens (tertiary/aromatic N) is 2. The van der Waals surface area contributed by atoms with E-state index in [0.29, 0.717) is 19.5 Å². The van der Waals surface area contributed by atoms with Crippen LogP contribution in [0, 0.1) is 6.92 Å². The van der Waals surface area contributed by atoms with Crippen molar-refractivity contribution in [3.8, 4) is 0 Å². The number of amides is 2. The number of anilines is 1. The van der Waals surface area contributed by atoms with Gasteiger partial charge in [-0.25, -0.2) is 4.79 Å². The second kappa shape index (κ2) is 7.53. The van der Waals surface area contributed by atoms with Crippen LogP contribution in [0.25, 0.3) is 0 Å². The maximum Gasteiger partial charge on any atom is 0.324 e. The van der Waals surface area contributed by atoms with Crippen molar-refractivity contribution < 1.29 is 14.7 Å². The molecule has 0 aliphatic rings. The molecule has 0 saturated carbocycles. The highest BCUT2D eigenvalue weighted by Gasteiger charge is 2.19. The van der Waals surface area contributed by atoms with Crippen molar-refractivity contribution in [3.63, 3.8) is 0 Å². The molecule has 1 aromatic carbocycles. The smallest absolute Gasteiger partial charge is 0.324 e. The molecule has 0 saturated heterocycles. The second-order valence-corrected chi connectivity index (χ2v) is 4.73. The number of carbonyl (C=O) groups excluding carboxylic acids is 1. The SMILES string of the molecule is CCN(C(=O)N(C)CCCC(=O)O)c1ccccc1C. The number of rotatable bonds is 6. The van der Waals surface area contributed by atoms with Gasteiger partial charge in [0.15, 0.2) is 0 Å². The third-order valence-corrected chi connectivity index (χ3v) is 3.16. The monoisotopic (exact) mass is 278 g/mol. The minimum absolute atomic E-state index is 0.0775. The van der Waals surface area contributed by atoms with Gasteiger partial charge in [0.1, 0.15) is 0 Å². The van der Waals surface area contributed by atoms with Gasteiger partial charge in [0.25, 0.3) is 0 Å². The molecule has 1 aromatic rings. The average Bonchev–Trinajstić information content (AvgIpc) is 2.41. The predicted molar refractivity (Wildman–Crippen MR) is 79.1 cm³/mol. The quantitative estimate of drug-likeness (QED) is 0.870. The summed E-state index contributed by atoms with van der Waals surface area (Å²) < 4.78 is 0. The molecule has 0 aromatic heterocycles.